The molecule has 0 N–H and O–H groups in total. The van der Waals surface area contributed by atoms with E-state index in [0.29, 0.717) is 6.42 Å². The van der Waals surface area contributed by atoms with Crippen molar-refractivity contribution in [1.29, 1.82) is 0 Å². The van der Waals surface area contributed by atoms with E-state index in [1.807, 2.05) is 6.92 Å². The lowest BCUT2D eigenvalue weighted by Gasteiger charge is -2.36. The van der Waals surface area contributed by atoms with E-state index in [9.17, 15) is 22.0 Å². The van der Waals surface area contributed by atoms with Crippen molar-refractivity contribution in [1.82, 2.24) is 9.91 Å². The quantitative estimate of drug-likeness (QED) is 0.528. The van der Waals surface area contributed by atoms with Crippen LogP contribution >= 0.6 is 0 Å². The van der Waals surface area contributed by atoms with E-state index in [1.165, 1.54) is 6.92 Å². The summed E-state index contributed by atoms with van der Waals surface area (Å²) in [5.41, 5.74) is 0. The van der Waals surface area contributed by atoms with Crippen LogP contribution in [-0.4, -0.2) is 47.6 Å². The molecular formula is C12H20F5N3. The van der Waals surface area contributed by atoms with Gasteiger partial charge in [0.1, 0.15) is 6.34 Å². The molecule has 118 valence electrons. The number of hydrogen-bond acceptors (Lipinski definition) is 3. The molecule has 0 bridgehead atoms. The summed E-state index contributed by atoms with van der Waals surface area (Å²) in [6.07, 6.45) is -3.37. The van der Waals surface area contributed by atoms with Crippen LogP contribution in [0.3, 0.4) is 0 Å². The lowest BCUT2D eigenvalue weighted by molar-refractivity contribution is -0.313. The largest absolute Gasteiger partial charge is 0.457 e. The second kappa shape index (κ2) is 6.58. The smallest absolute Gasteiger partial charge is 0.334 e. The molecule has 1 unspecified atom stereocenters. The van der Waals surface area contributed by atoms with E-state index >= 15 is 0 Å². The van der Waals surface area contributed by atoms with Crippen molar-refractivity contribution in [3.8, 4) is 0 Å². The van der Waals surface area contributed by atoms with Crippen molar-refractivity contribution in [3.05, 3.63) is 0 Å². The third-order valence-corrected chi connectivity index (χ3v) is 3.25. The Morgan fingerprint density at radius 2 is 1.70 bits per heavy atom. The SMILES string of the molecule is CCCCCCN1N=CN(CC)C1C(F)(F)C(F)(F)F. The maximum absolute atomic E-state index is 13.6. The van der Waals surface area contributed by atoms with Gasteiger partial charge in [0.15, 0.2) is 6.17 Å². The minimum Gasteiger partial charge on any atom is -0.334 e. The zero-order valence-electron chi connectivity index (χ0n) is 11.6. The Balaban J connectivity index is 2.76. The van der Waals surface area contributed by atoms with Gasteiger partial charge >= 0.3 is 12.1 Å². The van der Waals surface area contributed by atoms with Crippen LogP contribution in [0.4, 0.5) is 22.0 Å². The molecule has 0 aliphatic carbocycles. The highest BCUT2D eigenvalue weighted by Gasteiger charge is 2.66. The van der Waals surface area contributed by atoms with Gasteiger partial charge in [0.2, 0.25) is 0 Å². The van der Waals surface area contributed by atoms with Crippen LogP contribution < -0.4 is 0 Å². The molecule has 0 radical (unpaired) electrons. The summed E-state index contributed by atoms with van der Waals surface area (Å²) in [7, 11) is 0. The van der Waals surface area contributed by atoms with Gasteiger partial charge in [0, 0.05) is 13.1 Å². The van der Waals surface area contributed by atoms with Crippen molar-refractivity contribution in [3.63, 3.8) is 0 Å². The highest BCUT2D eigenvalue weighted by Crippen LogP contribution is 2.42. The summed E-state index contributed by atoms with van der Waals surface area (Å²) >= 11 is 0. The molecule has 0 aromatic carbocycles. The molecule has 0 fully saturated rings. The van der Waals surface area contributed by atoms with Gasteiger partial charge in [-0.1, -0.05) is 26.2 Å². The molecular weight excluding hydrogens is 281 g/mol. The van der Waals surface area contributed by atoms with Crippen LogP contribution in [0.15, 0.2) is 5.10 Å². The van der Waals surface area contributed by atoms with E-state index in [-0.39, 0.29) is 13.1 Å². The van der Waals surface area contributed by atoms with Crippen LogP contribution in [0.25, 0.3) is 0 Å². The lowest BCUT2D eigenvalue weighted by atomic mass is 10.1. The molecule has 1 aliphatic rings. The first-order valence-corrected chi connectivity index (χ1v) is 6.76. The van der Waals surface area contributed by atoms with Gasteiger partial charge in [0.05, 0.1) is 0 Å². The molecule has 0 saturated carbocycles. The highest BCUT2D eigenvalue weighted by atomic mass is 19.4. The number of hydrazone groups is 1. The van der Waals surface area contributed by atoms with Gasteiger partial charge in [0.25, 0.3) is 0 Å². The Kier molecular flexibility index (Phi) is 5.59. The minimum atomic E-state index is -5.58. The third kappa shape index (κ3) is 3.52. The zero-order valence-corrected chi connectivity index (χ0v) is 11.6. The maximum Gasteiger partial charge on any atom is 0.457 e. The lowest BCUT2D eigenvalue weighted by Crippen LogP contribution is -2.59. The molecule has 1 rings (SSSR count). The average Bonchev–Trinajstić information content (AvgIpc) is 2.76. The number of halogens is 5. The summed E-state index contributed by atoms with van der Waals surface area (Å²) in [4.78, 5) is 0.924. The van der Waals surface area contributed by atoms with Gasteiger partial charge in [-0.05, 0) is 13.3 Å². The predicted molar refractivity (Wildman–Crippen MR) is 66.5 cm³/mol. The van der Waals surface area contributed by atoms with E-state index in [2.05, 4.69) is 5.10 Å². The Morgan fingerprint density at radius 3 is 2.20 bits per heavy atom. The second-order valence-corrected chi connectivity index (χ2v) is 4.78. The van der Waals surface area contributed by atoms with Crippen molar-refractivity contribution in [2.45, 2.75) is 57.8 Å². The van der Waals surface area contributed by atoms with Gasteiger partial charge in [-0.25, -0.2) is 0 Å². The van der Waals surface area contributed by atoms with Crippen LogP contribution in [0.1, 0.15) is 39.5 Å². The Bertz CT molecular complexity index is 330. The second-order valence-electron chi connectivity index (χ2n) is 4.78. The van der Waals surface area contributed by atoms with Crippen molar-refractivity contribution >= 4 is 6.34 Å². The standard InChI is InChI=1S/C12H20F5N3/c1-3-5-6-7-8-20-10(19(4-2)9-18-20)11(13,14)12(15,16)17/h9-10H,3-8H2,1-2H3. The van der Waals surface area contributed by atoms with Crippen molar-refractivity contribution in [2.75, 3.05) is 13.1 Å². The maximum atomic E-state index is 13.6. The first-order valence-electron chi connectivity index (χ1n) is 6.76. The van der Waals surface area contributed by atoms with Gasteiger partial charge in [-0.2, -0.15) is 27.1 Å². The molecule has 0 spiro atoms. The molecule has 0 saturated heterocycles. The minimum absolute atomic E-state index is 0.0469. The number of rotatable bonds is 7. The van der Waals surface area contributed by atoms with Crippen LogP contribution in [0, 0.1) is 0 Å². The van der Waals surface area contributed by atoms with Gasteiger partial charge in [-0.15, -0.1) is 0 Å². The monoisotopic (exact) mass is 301 g/mol. The van der Waals surface area contributed by atoms with E-state index in [4.69, 9.17) is 0 Å². The molecule has 3 nitrogen and oxygen atoms in total. The number of unbranched alkanes of at least 4 members (excludes halogenated alkanes) is 3. The summed E-state index contributed by atoms with van der Waals surface area (Å²) in [5.74, 6) is -4.82. The first kappa shape index (κ1) is 17.0. The first-order chi connectivity index (χ1) is 9.25. The molecule has 1 heterocycles. The number of nitrogens with zero attached hydrogens (tertiary/aromatic N) is 3. The molecule has 1 atom stereocenters. The predicted octanol–water partition coefficient (Wildman–Crippen LogP) is 3.67. The van der Waals surface area contributed by atoms with Crippen LogP contribution in [-0.2, 0) is 0 Å². The Morgan fingerprint density at radius 1 is 1.05 bits per heavy atom. The fourth-order valence-electron chi connectivity index (χ4n) is 2.11. The molecule has 0 aromatic heterocycles. The summed E-state index contributed by atoms with van der Waals surface area (Å²) in [5, 5.41) is 4.55. The molecule has 20 heavy (non-hydrogen) atoms. The third-order valence-electron chi connectivity index (χ3n) is 3.25. The fraction of sp³-hybridized carbons (Fsp3) is 0.917. The topological polar surface area (TPSA) is 18.8 Å². The number of alkyl halides is 5. The van der Waals surface area contributed by atoms with Gasteiger partial charge < -0.3 is 4.90 Å². The highest BCUT2D eigenvalue weighted by molar-refractivity contribution is 5.57. The molecule has 0 aromatic rings. The van der Waals surface area contributed by atoms with E-state index in [1.54, 1.807) is 0 Å². The summed E-state index contributed by atoms with van der Waals surface area (Å²) in [6, 6.07) is 0. The molecule has 0 amide bonds. The van der Waals surface area contributed by atoms with Crippen molar-refractivity contribution in [2.24, 2.45) is 5.10 Å². The van der Waals surface area contributed by atoms with Crippen LogP contribution in [0.5, 0.6) is 0 Å². The molecule has 8 heteroatoms. The average molecular weight is 301 g/mol. The number of hydrogen-bond donors (Lipinski definition) is 0. The van der Waals surface area contributed by atoms with Crippen LogP contribution in [0.2, 0.25) is 0 Å². The zero-order chi connectivity index (χ0) is 15.4. The fourth-order valence-corrected chi connectivity index (χ4v) is 2.11. The Labute approximate surface area is 115 Å². The van der Waals surface area contributed by atoms with Gasteiger partial charge in [-0.3, -0.25) is 5.01 Å². The summed E-state index contributed by atoms with van der Waals surface area (Å²) < 4.78 is 64.9. The van der Waals surface area contributed by atoms with Crippen molar-refractivity contribution < 1.29 is 22.0 Å². The van der Waals surface area contributed by atoms with E-state index in [0.717, 1.165) is 35.5 Å². The van der Waals surface area contributed by atoms with E-state index < -0.39 is 18.3 Å². The Hall–Kier alpha value is -1.08. The summed E-state index contributed by atoms with van der Waals surface area (Å²) in [6.45, 7) is 3.66. The normalized spacial score (nSPS) is 20.1. The molecule has 1 aliphatic heterocycles.